The average Bonchev–Trinajstić information content (AvgIpc) is 3.20. The van der Waals surface area contributed by atoms with E-state index in [9.17, 15) is 19.2 Å². The highest BCUT2D eigenvalue weighted by Crippen LogP contribution is 2.44. The number of halogens is 1. The Bertz CT molecular complexity index is 1530. The second kappa shape index (κ2) is 9.59. The van der Waals surface area contributed by atoms with Gasteiger partial charge in [-0.25, -0.2) is 9.18 Å². The van der Waals surface area contributed by atoms with Crippen LogP contribution in [0.5, 0.6) is 0 Å². The standard InChI is InChI=1S/C24H25BFN3O8S/c1-11-7-28(8-12(2)34-11)20-17(26)6-16-19-21(20)27(5)9-15-10-38-23(29(15)19)18(22(16)32)24(33)37-25(35-13(3)30)36-14(4)31/h6,10-12H,7-9H2,1-5H3/t11-,12+. The van der Waals surface area contributed by atoms with E-state index in [2.05, 4.69) is 0 Å². The molecule has 1 aromatic carbocycles. The molecule has 3 aromatic rings. The number of benzene rings is 1. The van der Waals surface area contributed by atoms with E-state index in [0.29, 0.717) is 36.5 Å². The number of ether oxygens (including phenoxy) is 1. The third-order valence-corrected chi connectivity index (χ3v) is 7.36. The molecule has 4 heterocycles. The van der Waals surface area contributed by atoms with Gasteiger partial charge in [-0.2, -0.15) is 0 Å². The largest absolute Gasteiger partial charge is 0.870 e. The number of rotatable bonds is 5. The van der Waals surface area contributed by atoms with Crippen molar-refractivity contribution < 1.29 is 37.5 Å². The SMILES string of the molecule is CC(=O)OB(OC(C)=O)OC(=O)c1c(=O)c2cc(F)c(N3C[C@@H](C)O[C@@H](C)C3)c3c2n2c(csc12)CN3C. The highest BCUT2D eigenvalue weighted by Gasteiger charge is 2.38. The zero-order chi connectivity index (χ0) is 27.5. The zero-order valence-corrected chi connectivity index (χ0v) is 22.2. The normalized spacial score (nSPS) is 18.7. The van der Waals surface area contributed by atoms with Crippen molar-refractivity contribution >= 4 is 63.7 Å². The molecular weight excluding hydrogens is 520 g/mol. The number of hydrogen-bond acceptors (Lipinski definition) is 11. The van der Waals surface area contributed by atoms with E-state index in [0.717, 1.165) is 36.9 Å². The fourth-order valence-corrected chi connectivity index (χ4v) is 6.18. The third kappa shape index (κ3) is 4.37. The summed E-state index contributed by atoms with van der Waals surface area (Å²) in [5, 5.41) is 1.80. The van der Waals surface area contributed by atoms with Crippen LogP contribution in [0.2, 0.25) is 0 Å². The van der Waals surface area contributed by atoms with Crippen LogP contribution in [0.4, 0.5) is 15.8 Å². The van der Waals surface area contributed by atoms with E-state index in [1.165, 1.54) is 0 Å². The van der Waals surface area contributed by atoms with Gasteiger partial charge in [-0.1, -0.05) is 0 Å². The first-order chi connectivity index (χ1) is 18.0. The summed E-state index contributed by atoms with van der Waals surface area (Å²) in [6.45, 7) is 7.27. The van der Waals surface area contributed by atoms with Crippen molar-refractivity contribution in [1.82, 2.24) is 4.40 Å². The molecule has 2 atom stereocenters. The van der Waals surface area contributed by atoms with Crippen molar-refractivity contribution in [1.29, 1.82) is 0 Å². The minimum atomic E-state index is -1.98. The van der Waals surface area contributed by atoms with Gasteiger partial charge in [-0.15, -0.1) is 11.3 Å². The maximum atomic E-state index is 15.8. The fraction of sp³-hybridized carbons (Fsp3) is 0.417. The summed E-state index contributed by atoms with van der Waals surface area (Å²) >= 11 is 1.15. The molecule has 2 aliphatic heterocycles. The molecule has 1 saturated heterocycles. The summed E-state index contributed by atoms with van der Waals surface area (Å²) in [5.74, 6) is -3.52. The van der Waals surface area contributed by atoms with Gasteiger partial charge in [-0.05, 0) is 19.9 Å². The molecule has 0 spiro atoms. The summed E-state index contributed by atoms with van der Waals surface area (Å²) in [6.07, 6.45) is -0.233. The molecule has 0 saturated carbocycles. The van der Waals surface area contributed by atoms with Gasteiger partial charge in [-0.3, -0.25) is 18.8 Å². The Morgan fingerprint density at radius 2 is 1.71 bits per heavy atom. The van der Waals surface area contributed by atoms with Gasteiger partial charge in [0.05, 0.1) is 46.7 Å². The molecule has 2 aliphatic rings. The number of thiazole rings is 1. The maximum absolute atomic E-state index is 15.8. The van der Waals surface area contributed by atoms with Crippen LogP contribution in [0, 0.1) is 5.82 Å². The lowest BCUT2D eigenvalue weighted by Crippen LogP contribution is -2.46. The van der Waals surface area contributed by atoms with Crippen molar-refractivity contribution in [2.45, 2.75) is 46.4 Å². The Morgan fingerprint density at radius 3 is 2.32 bits per heavy atom. The van der Waals surface area contributed by atoms with Crippen LogP contribution in [-0.2, 0) is 34.8 Å². The van der Waals surface area contributed by atoms with Crippen LogP contribution in [0.15, 0.2) is 16.2 Å². The van der Waals surface area contributed by atoms with Crippen molar-refractivity contribution in [2.24, 2.45) is 0 Å². The lowest BCUT2D eigenvalue weighted by molar-refractivity contribution is -0.139. The highest BCUT2D eigenvalue weighted by atomic mass is 32.1. The van der Waals surface area contributed by atoms with Crippen LogP contribution < -0.4 is 15.2 Å². The Morgan fingerprint density at radius 1 is 1.08 bits per heavy atom. The van der Waals surface area contributed by atoms with Crippen molar-refractivity contribution in [2.75, 3.05) is 29.9 Å². The van der Waals surface area contributed by atoms with Crippen LogP contribution in [0.1, 0.15) is 43.7 Å². The van der Waals surface area contributed by atoms with Gasteiger partial charge in [0.1, 0.15) is 16.2 Å². The average molecular weight is 545 g/mol. The Hall–Kier alpha value is -3.65. The number of anilines is 2. The van der Waals surface area contributed by atoms with Gasteiger partial charge in [0.2, 0.25) is 5.43 Å². The highest BCUT2D eigenvalue weighted by molar-refractivity contribution is 7.16. The number of carbonyl (C=O) groups excluding carboxylic acids is 3. The molecule has 0 bridgehead atoms. The number of nitrogens with zero attached hydrogens (tertiary/aromatic N) is 3. The Kier molecular flexibility index (Phi) is 6.55. The lowest BCUT2D eigenvalue weighted by atomic mass is 10.0. The number of pyridine rings is 1. The minimum absolute atomic E-state index is 0.0113. The molecule has 200 valence electrons. The Labute approximate surface area is 220 Å². The van der Waals surface area contributed by atoms with Crippen molar-refractivity contribution in [3.8, 4) is 0 Å². The number of morpholine rings is 1. The van der Waals surface area contributed by atoms with E-state index in [4.69, 9.17) is 18.7 Å². The smallest absolute Gasteiger partial charge is 0.462 e. The predicted molar refractivity (Wildman–Crippen MR) is 138 cm³/mol. The van der Waals surface area contributed by atoms with Crippen LogP contribution in [-0.4, -0.2) is 62.0 Å². The zero-order valence-electron chi connectivity index (χ0n) is 21.4. The van der Waals surface area contributed by atoms with E-state index in [1.807, 2.05) is 36.1 Å². The molecule has 0 radical (unpaired) electrons. The number of carbonyl (C=O) groups is 3. The van der Waals surface area contributed by atoms with Crippen molar-refractivity contribution in [3.05, 3.63) is 38.7 Å². The molecule has 14 heteroatoms. The first-order valence-corrected chi connectivity index (χ1v) is 12.8. The maximum Gasteiger partial charge on any atom is 0.870 e. The molecule has 5 rings (SSSR count). The second-order valence-electron chi connectivity index (χ2n) is 9.45. The van der Waals surface area contributed by atoms with Gasteiger partial charge in [0.25, 0.3) is 11.9 Å². The molecule has 38 heavy (non-hydrogen) atoms. The van der Waals surface area contributed by atoms with Crippen LogP contribution in [0.25, 0.3) is 15.7 Å². The first kappa shape index (κ1) is 26.0. The molecule has 0 amide bonds. The lowest BCUT2D eigenvalue weighted by Gasteiger charge is -2.40. The summed E-state index contributed by atoms with van der Waals surface area (Å²) < 4.78 is 38.0. The van der Waals surface area contributed by atoms with Gasteiger partial charge < -0.3 is 28.5 Å². The summed E-state index contributed by atoms with van der Waals surface area (Å²) in [5.41, 5.74) is 1.04. The first-order valence-electron chi connectivity index (χ1n) is 11.9. The third-order valence-electron chi connectivity index (χ3n) is 6.36. The van der Waals surface area contributed by atoms with Crippen LogP contribution >= 0.6 is 11.3 Å². The van der Waals surface area contributed by atoms with Crippen LogP contribution in [0.3, 0.4) is 0 Å². The quantitative estimate of drug-likeness (QED) is 0.443. The molecule has 1 fully saturated rings. The molecule has 0 aliphatic carbocycles. The van der Waals surface area contributed by atoms with E-state index >= 15 is 4.39 Å². The molecule has 2 aromatic heterocycles. The molecule has 11 nitrogen and oxygen atoms in total. The minimum Gasteiger partial charge on any atom is -0.462 e. The topological polar surface area (TPSA) is 116 Å². The number of hydrogen-bond donors (Lipinski definition) is 0. The van der Waals surface area contributed by atoms with E-state index in [-0.39, 0.29) is 28.0 Å². The van der Waals surface area contributed by atoms with Gasteiger partial charge in [0, 0.05) is 39.4 Å². The van der Waals surface area contributed by atoms with E-state index < -0.39 is 36.5 Å². The molecule has 0 unspecified atom stereocenters. The summed E-state index contributed by atoms with van der Waals surface area (Å²) in [6, 6.07) is 1.14. The monoisotopic (exact) mass is 545 g/mol. The fourth-order valence-electron chi connectivity index (χ4n) is 5.15. The Balaban J connectivity index is 1.71. The molecular formula is C24H25BFN3O8S. The molecule has 0 N–H and O–H groups in total. The van der Waals surface area contributed by atoms with Crippen molar-refractivity contribution in [3.63, 3.8) is 0 Å². The van der Waals surface area contributed by atoms with E-state index in [1.54, 1.807) is 4.40 Å². The number of aromatic nitrogens is 1. The summed E-state index contributed by atoms with van der Waals surface area (Å²) in [7, 11) is -0.154. The predicted octanol–water partition coefficient (Wildman–Crippen LogP) is 2.48. The van der Waals surface area contributed by atoms with Gasteiger partial charge in [0.15, 0.2) is 0 Å². The summed E-state index contributed by atoms with van der Waals surface area (Å²) in [4.78, 5) is 53.8. The van der Waals surface area contributed by atoms with Gasteiger partial charge >= 0.3 is 13.3 Å². The second-order valence-corrected chi connectivity index (χ2v) is 10.3.